The van der Waals surface area contributed by atoms with Gasteiger partial charge in [0.25, 0.3) is 0 Å². The second-order valence-corrected chi connectivity index (χ2v) is 11.3. The van der Waals surface area contributed by atoms with E-state index in [0.717, 1.165) is 26.1 Å². The zero-order valence-electron chi connectivity index (χ0n) is 20.1. The quantitative estimate of drug-likeness (QED) is 0.399. The maximum Gasteiger partial charge on any atom is 0.244 e. The summed E-state index contributed by atoms with van der Waals surface area (Å²) in [6.45, 7) is 5.19. The molecule has 0 fully saturated rings. The van der Waals surface area contributed by atoms with Gasteiger partial charge in [0.05, 0.1) is 19.1 Å². The number of anilines is 1. The maximum absolute atomic E-state index is 13.5. The first-order valence-electron chi connectivity index (χ1n) is 10.9. The molecule has 0 spiro atoms. The molecule has 2 aromatic rings. The molecular weight excluding hydrogens is 569 g/mol. The van der Waals surface area contributed by atoms with Gasteiger partial charge in [0.2, 0.25) is 21.8 Å². The molecule has 0 unspecified atom stereocenters. The number of nitrogens with one attached hydrogen (secondary N) is 1. The predicted octanol–water partition coefficient (Wildman–Crippen LogP) is 3.40. The summed E-state index contributed by atoms with van der Waals surface area (Å²) in [5, 5.41) is 2.90. The molecule has 10 heteroatoms. The smallest absolute Gasteiger partial charge is 0.244 e. The molecule has 2 aromatic carbocycles. The number of sulfonamides is 1. The first kappa shape index (κ1) is 27.9. The summed E-state index contributed by atoms with van der Waals surface area (Å²) in [5.41, 5.74) is 1.14. The Labute approximate surface area is 215 Å². The van der Waals surface area contributed by atoms with Crippen molar-refractivity contribution in [1.29, 1.82) is 0 Å². The first-order chi connectivity index (χ1) is 16.0. The van der Waals surface area contributed by atoms with Gasteiger partial charge in [-0.2, -0.15) is 0 Å². The average Bonchev–Trinajstić information content (AvgIpc) is 2.80. The van der Waals surface area contributed by atoms with Gasteiger partial charge in [0, 0.05) is 16.2 Å². The summed E-state index contributed by atoms with van der Waals surface area (Å²) in [6, 6.07) is 13.2. The number of hydrogen-bond donors (Lipinski definition) is 1. The monoisotopic (exact) mass is 601 g/mol. The van der Waals surface area contributed by atoms with Crippen molar-refractivity contribution >= 4 is 50.1 Å². The van der Waals surface area contributed by atoms with Gasteiger partial charge in [-0.1, -0.05) is 19.1 Å². The van der Waals surface area contributed by atoms with E-state index in [0.29, 0.717) is 11.4 Å². The van der Waals surface area contributed by atoms with E-state index in [1.807, 2.05) is 19.9 Å². The lowest BCUT2D eigenvalue weighted by atomic mass is 10.1. The molecule has 2 amide bonds. The van der Waals surface area contributed by atoms with E-state index in [2.05, 4.69) is 27.9 Å². The van der Waals surface area contributed by atoms with Crippen molar-refractivity contribution in [2.24, 2.45) is 0 Å². The van der Waals surface area contributed by atoms with Gasteiger partial charge >= 0.3 is 0 Å². The average molecular weight is 602 g/mol. The van der Waals surface area contributed by atoms with Crippen LogP contribution in [0.4, 0.5) is 5.69 Å². The van der Waals surface area contributed by atoms with Crippen molar-refractivity contribution in [2.45, 2.75) is 45.8 Å². The molecule has 2 atom stereocenters. The Kier molecular flexibility index (Phi) is 10.2. The summed E-state index contributed by atoms with van der Waals surface area (Å²) < 4.78 is 32.4. The van der Waals surface area contributed by atoms with E-state index in [1.165, 1.54) is 4.90 Å². The minimum atomic E-state index is -3.75. The Morgan fingerprint density at radius 1 is 1.12 bits per heavy atom. The lowest BCUT2D eigenvalue weighted by molar-refractivity contribution is -0.139. The summed E-state index contributed by atoms with van der Waals surface area (Å²) in [4.78, 5) is 27.8. The molecule has 2 rings (SSSR count). The maximum atomic E-state index is 13.5. The van der Waals surface area contributed by atoms with Crippen LogP contribution in [0.25, 0.3) is 0 Å². The van der Waals surface area contributed by atoms with Gasteiger partial charge in [-0.25, -0.2) is 8.42 Å². The standard InChI is InChI=1S/C24H32IN3O5S/c1-6-17(2)26-24(30)18(3)27(15-19-8-7-9-22(14-19)33-4)23(29)16-28(34(5,31)32)21-12-10-20(25)11-13-21/h7-14,17-18H,6,15-16H2,1-5H3,(H,26,30)/t17-,18+/m1/s1. The van der Waals surface area contributed by atoms with Crippen molar-refractivity contribution in [3.63, 3.8) is 0 Å². The number of carbonyl (C=O) groups is 2. The Morgan fingerprint density at radius 2 is 1.76 bits per heavy atom. The molecule has 186 valence electrons. The summed E-state index contributed by atoms with van der Waals surface area (Å²) in [5.74, 6) is -0.164. The molecule has 0 bridgehead atoms. The second kappa shape index (κ2) is 12.4. The third-order valence-electron chi connectivity index (χ3n) is 5.45. The lowest BCUT2D eigenvalue weighted by Crippen LogP contribution is -2.52. The SMILES string of the molecule is CC[C@@H](C)NC(=O)[C@H](C)N(Cc1cccc(OC)c1)C(=O)CN(c1ccc(I)cc1)S(C)(=O)=O. The third kappa shape index (κ3) is 7.86. The molecule has 8 nitrogen and oxygen atoms in total. The van der Waals surface area contributed by atoms with Gasteiger partial charge < -0.3 is 15.0 Å². The van der Waals surface area contributed by atoms with Crippen LogP contribution in [-0.2, 0) is 26.2 Å². The molecule has 1 N–H and O–H groups in total. The van der Waals surface area contributed by atoms with Gasteiger partial charge in [-0.15, -0.1) is 0 Å². The van der Waals surface area contributed by atoms with E-state index in [9.17, 15) is 18.0 Å². The van der Waals surface area contributed by atoms with Crippen molar-refractivity contribution < 1.29 is 22.7 Å². The van der Waals surface area contributed by atoms with E-state index < -0.39 is 28.5 Å². The molecule has 0 aliphatic rings. The fraction of sp³-hybridized carbons (Fsp3) is 0.417. The van der Waals surface area contributed by atoms with Crippen LogP contribution >= 0.6 is 22.6 Å². The lowest BCUT2D eigenvalue weighted by Gasteiger charge is -2.32. The van der Waals surface area contributed by atoms with Crippen molar-refractivity contribution in [2.75, 3.05) is 24.2 Å². The Bertz CT molecular complexity index is 1090. The fourth-order valence-corrected chi connectivity index (χ4v) is 4.45. The van der Waals surface area contributed by atoms with Gasteiger partial charge in [-0.3, -0.25) is 13.9 Å². The normalized spacial score (nSPS) is 13.0. The van der Waals surface area contributed by atoms with Crippen molar-refractivity contribution in [1.82, 2.24) is 10.2 Å². The molecule has 34 heavy (non-hydrogen) atoms. The molecule has 0 aliphatic carbocycles. The number of amides is 2. The number of hydrogen-bond acceptors (Lipinski definition) is 5. The van der Waals surface area contributed by atoms with Gasteiger partial charge in [0.1, 0.15) is 18.3 Å². The largest absolute Gasteiger partial charge is 0.497 e. The Morgan fingerprint density at radius 3 is 2.32 bits per heavy atom. The highest BCUT2D eigenvalue weighted by Gasteiger charge is 2.30. The van der Waals surface area contributed by atoms with E-state index >= 15 is 0 Å². The Balaban J connectivity index is 2.39. The van der Waals surface area contributed by atoms with Crippen LogP contribution in [0.3, 0.4) is 0 Å². The first-order valence-corrected chi connectivity index (χ1v) is 13.8. The number of carbonyl (C=O) groups excluding carboxylic acids is 2. The van der Waals surface area contributed by atoms with Crippen LogP contribution < -0.4 is 14.4 Å². The molecule has 0 saturated carbocycles. The van der Waals surface area contributed by atoms with Crippen molar-refractivity contribution in [3.05, 3.63) is 57.7 Å². The topological polar surface area (TPSA) is 96.0 Å². The summed E-state index contributed by atoms with van der Waals surface area (Å²) in [6.07, 6.45) is 1.81. The second-order valence-electron chi connectivity index (χ2n) is 8.11. The van der Waals surface area contributed by atoms with Crippen LogP contribution in [0.5, 0.6) is 5.75 Å². The van der Waals surface area contributed by atoms with E-state index in [4.69, 9.17) is 4.74 Å². The molecular formula is C24H32IN3O5S. The summed E-state index contributed by atoms with van der Waals surface area (Å²) in [7, 11) is -2.20. The van der Waals surface area contributed by atoms with Crippen LogP contribution in [0.1, 0.15) is 32.8 Å². The number of ether oxygens (including phenoxy) is 1. The number of methoxy groups -OCH3 is 1. The van der Waals surface area contributed by atoms with Gasteiger partial charge in [-0.05, 0) is 84.8 Å². The van der Waals surface area contributed by atoms with E-state index in [-0.39, 0.29) is 18.5 Å². The number of nitrogens with zero attached hydrogens (tertiary/aromatic N) is 2. The van der Waals surface area contributed by atoms with Crippen LogP contribution in [0.15, 0.2) is 48.5 Å². The molecule has 0 aromatic heterocycles. The zero-order valence-corrected chi connectivity index (χ0v) is 23.1. The highest BCUT2D eigenvalue weighted by molar-refractivity contribution is 14.1. The zero-order chi connectivity index (χ0) is 25.5. The van der Waals surface area contributed by atoms with E-state index in [1.54, 1.807) is 56.5 Å². The molecule has 0 saturated heterocycles. The van der Waals surface area contributed by atoms with Crippen LogP contribution in [0, 0.1) is 3.57 Å². The number of halogens is 1. The molecule has 0 heterocycles. The minimum absolute atomic E-state index is 0.0527. The van der Waals surface area contributed by atoms with Crippen molar-refractivity contribution in [3.8, 4) is 5.75 Å². The predicted molar refractivity (Wildman–Crippen MR) is 142 cm³/mol. The van der Waals surface area contributed by atoms with Gasteiger partial charge in [0.15, 0.2) is 0 Å². The highest BCUT2D eigenvalue weighted by atomic mass is 127. The Hall–Kier alpha value is -2.34. The third-order valence-corrected chi connectivity index (χ3v) is 7.31. The summed E-state index contributed by atoms with van der Waals surface area (Å²) >= 11 is 2.13. The minimum Gasteiger partial charge on any atom is -0.497 e. The molecule has 0 radical (unpaired) electrons. The number of rotatable bonds is 11. The number of benzene rings is 2. The fourth-order valence-electron chi connectivity index (χ4n) is 3.24. The van der Waals surface area contributed by atoms with Crippen LogP contribution in [-0.4, -0.2) is 57.1 Å². The highest BCUT2D eigenvalue weighted by Crippen LogP contribution is 2.21. The molecule has 0 aliphatic heterocycles. The van der Waals surface area contributed by atoms with Crippen LogP contribution in [0.2, 0.25) is 0 Å².